The maximum atomic E-state index is 13.7. The predicted octanol–water partition coefficient (Wildman–Crippen LogP) is 2.72. The van der Waals surface area contributed by atoms with Crippen LogP contribution in [-0.4, -0.2) is 21.7 Å². The number of aliphatic hydroxyl groups is 1. The molecule has 0 saturated heterocycles. The molecule has 2 aromatic rings. The second-order valence-electron chi connectivity index (χ2n) is 4.01. The molecule has 1 aromatic carbocycles. The standard InChI is InChI=1S/C13H13ClFN3O/c1-8-16-6-10(14)13(17-8)18-12(7-19)9-4-2-3-5-11(9)15/h2-6,12,19H,7H2,1H3,(H,16,17,18). The average molecular weight is 282 g/mol. The minimum Gasteiger partial charge on any atom is -0.394 e. The third kappa shape index (κ3) is 3.19. The molecule has 0 amide bonds. The number of aliphatic hydroxyl groups excluding tert-OH is 1. The van der Waals surface area contributed by atoms with Crippen LogP contribution in [-0.2, 0) is 0 Å². The van der Waals surface area contributed by atoms with Crippen LogP contribution in [0, 0.1) is 12.7 Å². The van der Waals surface area contributed by atoms with Gasteiger partial charge in [-0.25, -0.2) is 14.4 Å². The highest BCUT2D eigenvalue weighted by molar-refractivity contribution is 6.32. The van der Waals surface area contributed by atoms with Crippen LogP contribution in [0.3, 0.4) is 0 Å². The van der Waals surface area contributed by atoms with Gasteiger partial charge in [-0.15, -0.1) is 0 Å². The summed E-state index contributed by atoms with van der Waals surface area (Å²) in [5, 5.41) is 12.7. The molecule has 19 heavy (non-hydrogen) atoms. The SMILES string of the molecule is Cc1ncc(Cl)c(NC(CO)c2ccccc2F)n1. The van der Waals surface area contributed by atoms with E-state index >= 15 is 0 Å². The second kappa shape index (κ2) is 5.95. The van der Waals surface area contributed by atoms with Crippen LogP contribution in [0.4, 0.5) is 10.2 Å². The first-order valence-corrected chi connectivity index (χ1v) is 6.10. The van der Waals surface area contributed by atoms with Gasteiger partial charge in [0.25, 0.3) is 0 Å². The summed E-state index contributed by atoms with van der Waals surface area (Å²) in [5.74, 6) is 0.518. The first-order valence-electron chi connectivity index (χ1n) is 5.72. The van der Waals surface area contributed by atoms with Crippen LogP contribution >= 0.6 is 11.6 Å². The molecule has 0 bridgehead atoms. The molecule has 1 aromatic heterocycles. The van der Waals surface area contributed by atoms with Crippen molar-refractivity contribution in [3.63, 3.8) is 0 Å². The van der Waals surface area contributed by atoms with Gasteiger partial charge in [-0.3, -0.25) is 0 Å². The summed E-state index contributed by atoms with van der Waals surface area (Å²) in [5.41, 5.74) is 0.359. The summed E-state index contributed by atoms with van der Waals surface area (Å²) in [6.45, 7) is 1.44. The Hall–Kier alpha value is -1.72. The fourth-order valence-corrected chi connectivity index (χ4v) is 1.85. The smallest absolute Gasteiger partial charge is 0.149 e. The molecule has 4 nitrogen and oxygen atoms in total. The fraction of sp³-hybridized carbons (Fsp3) is 0.231. The topological polar surface area (TPSA) is 58.0 Å². The quantitative estimate of drug-likeness (QED) is 0.905. The second-order valence-corrected chi connectivity index (χ2v) is 4.42. The first kappa shape index (κ1) is 13.7. The van der Waals surface area contributed by atoms with E-state index < -0.39 is 11.9 Å². The van der Waals surface area contributed by atoms with E-state index in [9.17, 15) is 9.50 Å². The van der Waals surface area contributed by atoms with Crippen LogP contribution in [0.5, 0.6) is 0 Å². The molecule has 0 aliphatic heterocycles. The number of anilines is 1. The summed E-state index contributed by atoms with van der Waals surface area (Å²) in [7, 11) is 0. The zero-order valence-corrected chi connectivity index (χ0v) is 11.0. The summed E-state index contributed by atoms with van der Waals surface area (Å²) in [6.07, 6.45) is 1.46. The highest BCUT2D eigenvalue weighted by atomic mass is 35.5. The molecule has 2 N–H and O–H groups in total. The number of rotatable bonds is 4. The zero-order chi connectivity index (χ0) is 13.8. The third-order valence-corrected chi connectivity index (χ3v) is 2.92. The van der Waals surface area contributed by atoms with Gasteiger partial charge in [0.2, 0.25) is 0 Å². The monoisotopic (exact) mass is 281 g/mol. The molecule has 1 atom stereocenters. The molecule has 0 spiro atoms. The Kier molecular flexibility index (Phi) is 4.29. The lowest BCUT2D eigenvalue weighted by Crippen LogP contribution is -2.17. The van der Waals surface area contributed by atoms with Crippen molar-refractivity contribution in [2.45, 2.75) is 13.0 Å². The molecule has 0 saturated carbocycles. The highest BCUT2D eigenvalue weighted by Crippen LogP contribution is 2.25. The van der Waals surface area contributed by atoms with Crippen molar-refractivity contribution in [3.8, 4) is 0 Å². The number of aryl methyl sites for hydroxylation is 1. The lowest BCUT2D eigenvalue weighted by Gasteiger charge is -2.18. The number of halogens is 2. The highest BCUT2D eigenvalue weighted by Gasteiger charge is 2.16. The molecule has 0 radical (unpaired) electrons. The number of nitrogens with zero attached hydrogens (tertiary/aromatic N) is 2. The Labute approximate surface area is 115 Å². The molecule has 6 heteroatoms. The van der Waals surface area contributed by atoms with Crippen molar-refractivity contribution in [1.29, 1.82) is 0 Å². The minimum atomic E-state index is -0.618. The molecule has 1 heterocycles. The summed E-state index contributed by atoms with van der Waals surface area (Å²) in [6, 6.07) is 5.62. The Morgan fingerprint density at radius 3 is 2.84 bits per heavy atom. The lowest BCUT2D eigenvalue weighted by atomic mass is 10.1. The summed E-state index contributed by atoms with van der Waals surface area (Å²) in [4.78, 5) is 8.07. The molecule has 0 aliphatic rings. The van der Waals surface area contributed by atoms with Crippen LogP contribution in [0.25, 0.3) is 0 Å². The average Bonchev–Trinajstić information content (AvgIpc) is 2.41. The van der Waals surface area contributed by atoms with Crippen LogP contribution in [0.2, 0.25) is 5.02 Å². The van der Waals surface area contributed by atoms with Crippen LogP contribution < -0.4 is 5.32 Å². The zero-order valence-electron chi connectivity index (χ0n) is 10.3. The number of hydrogen-bond donors (Lipinski definition) is 2. The van der Waals surface area contributed by atoms with Crippen LogP contribution in [0.1, 0.15) is 17.4 Å². The van der Waals surface area contributed by atoms with E-state index in [1.165, 1.54) is 12.3 Å². The predicted molar refractivity (Wildman–Crippen MR) is 71.6 cm³/mol. The van der Waals surface area contributed by atoms with E-state index in [0.717, 1.165) is 0 Å². The number of nitrogens with one attached hydrogen (secondary N) is 1. The molecular formula is C13H13ClFN3O. The normalized spacial score (nSPS) is 12.2. The van der Waals surface area contributed by atoms with Gasteiger partial charge in [0.15, 0.2) is 0 Å². The van der Waals surface area contributed by atoms with E-state index in [2.05, 4.69) is 15.3 Å². The molecule has 2 rings (SSSR count). The van der Waals surface area contributed by atoms with Crippen molar-refractivity contribution in [2.24, 2.45) is 0 Å². The Balaban J connectivity index is 2.29. The van der Waals surface area contributed by atoms with Gasteiger partial charge in [0.05, 0.1) is 18.8 Å². The van der Waals surface area contributed by atoms with Gasteiger partial charge in [0.1, 0.15) is 22.5 Å². The first-order chi connectivity index (χ1) is 9.11. The Bertz CT molecular complexity index is 580. The van der Waals surface area contributed by atoms with Gasteiger partial charge in [-0.2, -0.15) is 0 Å². The maximum Gasteiger partial charge on any atom is 0.149 e. The van der Waals surface area contributed by atoms with Crippen LogP contribution in [0.15, 0.2) is 30.5 Å². The van der Waals surface area contributed by atoms with Crippen molar-refractivity contribution < 1.29 is 9.50 Å². The molecule has 0 fully saturated rings. The number of aromatic nitrogens is 2. The van der Waals surface area contributed by atoms with E-state index in [1.807, 2.05) is 0 Å². The van der Waals surface area contributed by atoms with Gasteiger partial charge in [0, 0.05) is 5.56 Å². The van der Waals surface area contributed by atoms with E-state index in [-0.39, 0.29) is 6.61 Å². The molecule has 0 aliphatic carbocycles. The summed E-state index contributed by atoms with van der Waals surface area (Å²) >= 11 is 5.96. The number of hydrogen-bond acceptors (Lipinski definition) is 4. The van der Waals surface area contributed by atoms with Gasteiger partial charge in [-0.05, 0) is 13.0 Å². The lowest BCUT2D eigenvalue weighted by molar-refractivity contribution is 0.273. The maximum absolute atomic E-state index is 13.7. The minimum absolute atomic E-state index is 0.277. The molecule has 1 unspecified atom stereocenters. The Morgan fingerprint density at radius 1 is 1.42 bits per heavy atom. The Morgan fingerprint density at radius 2 is 2.16 bits per heavy atom. The number of benzene rings is 1. The van der Waals surface area contributed by atoms with E-state index in [4.69, 9.17) is 11.6 Å². The fourth-order valence-electron chi connectivity index (χ4n) is 1.70. The van der Waals surface area contributed by atoms with Gasteiger partial charge >= 0.3 is 0 Å². The third-order valence-electron chi connectivity index (χ3n) is 2.64. The van der Waals surface area contributed by atoms with E-state index in [0.29, 0.717) is 22.2 Å². The van der Waals surface area contributed by atoms with Crippen molar-refractivity contribution in [2.75, 3.05) is 11.9 Å². The van der Waals surface area contributed by atoms with Crippen molar-refractivity contribution >= 4 is 17.4 Å². The van der Waals surface area contributed by atoms with Gasteiger partial charge < -0.3 is 10.4 Å². The van der Waals surface area contributed by atoms with Crippen molar-refractivity contribution in [3.05, 3.63) is 52.7 Å². The largest absolute Gasteiger partial charge is 0.394 e. The summed E-state index contributed by atoms with van der Waals surface area (Å²) < 4.78 is 13.7. The van der Waals surface area contributed by atoms with Crippen molar-refractivity contribution in [1.82, 2.24) is 9.97 Å². The van der Waals surface area contributed by atoms with Gasteiger partial charge in [-0.1, -0.05) is 29.8 Å². The van der Waals surface area contributed by atoms with E-state index in [1.54, 1.807) is 25.1 Å². The molecular weight excluding hydrogens is 269 g/mol. The molecule has 100 valence electrons.